The van der Waals surface area contributed by atoms with E-state index in [9.17, 15) is 9.18 Å². The highest BCUT2D eigenvalue weighted by Crippen LogP contribution is 2.30. The standard InChI is InChI=1S/C26H31FN6O.C8H11N.C2H6/c1-5-32(15-18(2)26(34)31(3)4)16-19-11-13-33-23(14-19)30-24(20-6-8-21(27)9-7-20)25(33)22-10-12-28-17-29-22;1-7(9)8-5-3-2-4-6-8;1-2/h6-11,13-14,17-18H,5,12,15-16H2,1-4H3,(H,28,29);2-7H,9H2,1H3;1-2H3/t;7-;/m.0./s1. The lowest BCUT2D eigenvalue weighted by Crippen LogP contribution is -2.36. The number of hydrogen-bond donors (Lipinski definition) is 2. The first-order valence-electron chi connectivity index (χ1n) is 15.6. The average molecular weight is 614 g/mol. The fourth-order valence-corrected chi connectivity index (χ4v) is 5.01. The summed E-state index contributed by atoms with van der Waals surface area (Å²) in [6.07, 6.45) is 5.73. The van der Waals surface area contributed by atoms with Gasteiger partial charge in [-0.05, 0) is 67.1 Å². The molecule has 9 heteroatoms. The van der Waals surface area contributed by atoms with Crippen molar-refractivity contribution in [2.24, 2.45) is 16.6 Å². The topological polar surface area (TPSA) is 91.3 Å². The van der Waals surface area contributed by atoms with Gasteiger partial charge in [-0.25, -0.2) is 9.37 Å². The molecule has 2 aromatic heterocycles. The lowest BCUT2D eigenvalue weighted by atomic mass is 10.1. The molecular weight excluding hydrogens is 565 g/mol. The number of hydrogen-bond acceptors (Lipinski definition) is 6. The summed E-state index contributed by atoms with van der Waals surface area (Å²) >= 11 is 0. The van der Waals surface area contributed by atoms with Gasteiger partial charge in [0.05, 0.1) is 30.0 Å². The first kappa shape index (κ1) is 35.1. The van der Waals surface area contributed by atoms with E-state index in [0.717, 1.165) is 46.9 Å². The van der Waals surface area contributed by atoms with Crippen molar-refractivity contribution in [1.82, 2.24) is 24.5 Å². The summed E-state index contributed by atoms with van der Waals surface area (Å²) in [5, 5.41) is 3.22. The first-order chi connectivity index (χ1) is 21.7. The molecule has 0 radical (unpaired) electrons. The predicted molar refractivity (Wildman–Crippen MR) is 184 cm³/mol. The second-order valence-electron chi connectivity index (χ2n) is 11.0. The number of benzene rings is 2. The summed E-state index contributed by atoms with van der Waals surface area (Å²) in [6, 6.07) is 20.8. The van der Waals surface area contributed by atoms with Crippen LogP contribution in [0.1, 0.15) is 57.5 Å². The van der Waals surface area contributed by atoms with Crippen LogP contribution in [-0.2, 0) is 11.3 Å². The van der Waals surface area contributed by atoms with Crippen molar-refractivity contribution in [3.63, 3.8) is 0 Å². The van der Waals surface area contributed by atoms with E-state index in [2.05, 4.69) is 38.7 Å². The number of fused-ring (bicyclic) bond motifs is 1. The summed E-state index contributed by atoms with van der Waals surface area (Å²) in [5.41, 5.74) is 12.2. The van der Waals surface area contributed by atoms with Crippen molar-refractivity contribution >= 4 is 23.6 Å². The van der Waals surface area contributed by atoms with Gasteiger partial charge in [-0.2, -0.15) is 0 Å². The molecule has 1 amide bonds. The molecule has 2 aromatic carbocycles. The van der Waals surface area contributed by atoms with Crippen molar-refractivity contribution in [2.75, 3.05) is 33.7 Å². The molecule has 0 saturated heterocycles. The zero-order chi connectivity index (χ0) is 32.9. The normalized spacial score (nSPS) is 13.5. The number of pyridine rings is 1. The van der Waals surface area contributed by atoms with Crippen LogP contribution in [0.15, 0.2) is 84.0 Å². The Labute approximate surface area is 267 Å². The van der Waals surface area contributed by atoms with Crippen molar-refractivity contribution < 1.29 is 9.18 Å². The third-order valence-electron chi connectivity index (χ3n) is 7.35. The second-order valence-corrected chi connectivity index (χ2v) is 11.0. The van der Waals surface area contributed by atoms with E-state index in [-0.39, 0.29) is 23.7 Å². The number of aliphatic imine (C=N–C) groups is 1. The average Bonchev–Trinajstić information content (AvgIpc) is 3.45. The SMILES string of the molecule is CC.CCN(Cc1ccn2c(C3=CCN=CN3)c(-c3ccc(F)cc3)nc2c1)CC(C)C(=O)N(C)C.C[C@H](N)c1ccccc1. The molecule has 1 aliphatic rings. The number of nitrogens with two attached hydrogens (primary N) is 1. The summed E-state index contributed by atoms with van der Waals surface area (Å²) in [7, 11) is 3.58. The number of carbonyl (C=O) groups is 1. The Morgan fingerprint density at radius 2 is 1.76 bits per heavy atom. The zero-order valence-electron chi connectivity index (χ0n) is 27.7. The lowest BCUT2D eigenvalue weighted by molar-refractivity contribution is -0.133. The molecule has 3 heterocycles. The van der Waals surface area contributed by atoms with Crippen LogP contribution in [0.4, 0.5) is 4.39 Å². The molecule has 8 nitrogen and oxygen atoms in total. The van der Waals surface area contributed by atoms with Gasteiger partial charge in [0.25, 0.3) is 0 Å². The van der Waals surface area contributed by atoms with E-state index in [1.54, 1.807) is 37.5 Å². The molecule has 0 saturated carbocycles. The minimum absolute atomic E-state index is 0.0761. The van der Waals surface area contributed by atoms with Crippen molar-refractivity contribution in [1.29, 1.82) is 0 Å². The summed E-state index contributed by atoms with van der Waals surface area (Å²) < 4.78 is 15.6. The highest BCUT2D eigenvalue weighted by atomic mass is 19.1. The smallest absolute Gasteiger partial charge is 0.226 e. The van der Waals surface area contributed by atoms with E-state index < -0.39 is 0 Å². The van der Waals surface area contributed by atoms with Crippen LogP contribution in [0.2, 0.25) is 0 Å². The van der Waals surface area contributed by atoms with Gasteiger partial charge in [-0.1, -0.05) is 58.0 Å². The molecule has 240 valence electrons. The predicted octanol–water partition coefficient (Wildman–Crippen LogP) is 6.39. The summed E-state index contributed by atoms with van der Waals surface area (Å²) in [5.74, 6) is -0.222. The monoisotopic (exact) mass is 613 g/mol. The van der Waals surface area contributed by atoms with Crippen molar-refractivity contribution in [3.05, 3.63) is 102 Å². The maximum Gasteiger partial charge on any atom is 0.226 e. The van der Waals surface area contributed by atoms with Crippen LogP contribution >= 0.6 is 0 Å². The number of nitrogens with one attached hydrogen (secondary N) is 1. The molecular formula is C36H48FN7O. The lowest BCUT2D eigenvalue weighted by Gasteiger charge is -2.25. The van der Waals surface area contributed by atoms with Crippen LogP contribution < -0.4 is 11.1 Å². The van der Waals surface area contributed by atoms with Crippen molar-refractivity contribution in [3.8, 4) is 11.3 Å². The number of nitrogens with zero attached hydrogens (tertiary/aromatic N) is 5. The molecule has 4 aromatic rings. The third kappa shape index (κ3) is 9.57. The highest BCUT2D eigenvalue weighted by Gasteiger charge is 2.21. The van der Waals surface area contributed by atoms with Gasteiger partial charge < -0.3 is 16.0 Å². The van der Waals surface area contributed by atoms with Gasteiger partial charge in [0.1, 0.15) is 11.5 Å². The van der Waals surface area contributed by atoms with E-state index >= 15 is 0 Å². The second kappa shape index (κ2) is 17.2. The Morgan fingerprint density at radius 1 is 1.07 bits per heavy atom. The fourth-order valence-electron chi connectivity index (χ4n) is 5.01. The Bertz CT molecular complexity index is 1560. The summed E-state index contributed by atoms with van der Waals surface area (Å²) in [6.45, 7) is 12.9. The van der Waals surface area contributed by atoms with Gasteiger partial charge in [0.15, 0.2) is 0 Å². The molecule has 0 aliphatic carbocycles. The molecule has 0 bridgehead atoms. The Balaban J connectivity index is 0.000000427. The van der Waals surface area contributed by atoms with E-state index in [1.165, 1.54) is 17.7 Å². The van der Waals surface area contributed by atoms with Gasteiger partial charge >= 0.3 is 0 Å². The van der Waals surface area contributed by atoms with Crippen LogP contribution in [-0.4, -0.2) is 65.2 Å². The number of aromatic nitrogens is 2. The number of amides is 1. The van der Waals surface area contributed by atoms with Gasteiger partial charge in [0, 0.05) is 50.9 Å². The number of carbonyl (C=O) groups excluding carboxylic acids is 1. The van der Waals surface area contributed by atoms with Crippen LogP contribution in [0.5, 0.6) is 0 Å². The molecule has 2 atom stereocenters. The Morgan fingerprint density at radius 3 is 2.31 bits per heavy atom. The third-order valence-corrected chi connectivity index (χ3v) is 7.35. The van der Waals surface area contributed by atoms with E-state index in [0.29, 0.717) is 13.1 Å². The minimum atomic E-state index is -0.278. The first-order valence-corrected chi connectivity index (χ1v) is 15.6. The van der Waals surface area contributed by atoms with E-state index in [4.69, 9.17) is 10.7 Å². The largest absolute Gasteiger partial charge is 0.349 e. The maximum absolute atomic E-state index is 13.6. The van der Waals surface area contributed by atoms with Crippen molar-refractivity contribution in [2.45, 2.75) is 47.2 Å². The summed E-state index contributed by atoms with van der Waals surface area (Å²) in [4.78, 5) is 25.4. The Hall–Kier alpha value is -4.34. The van der Waals surface area contributed by atoms with Gasteiger partial charge in [-0.3, -0.25) is 19.1 Å². The van der Waals surface area contributed by atoms with Crippen LogP contribution in [0.25, 0.3) is 22.6 Å². The van der Waals surface area contributed by atoms with Crippen LogP contribution in [0, 0.1) is 11.7 Å². The zero-order valence-corrected chi connectivity index (χ0v) is 27.7. The molecule has 45 heavy (non-hydrogen) atoms. The fraction of sp³-hybridized carbons (Fsp3) is 0.361. The maximum atomic E-state index is 13.6. The van der Waals surface area contributed by atoms with Gasteiger partial charge in [0.2, 0.25) is 5.91 Å². The number of rotatable bonds is 9. The van der Waals surface area contributed by atoms with E-state index in [1.807, 2.05) is 70.3 Å². The molecule has 3 N–H and O–H groups in total. The number of imidazole rings is 1. The van der Waals surface area contributed by atoms with Crippen LogP contribution in [0.3, 0.4) is 0 Å². The molecule has 1 aliphatic heterocycles. The molecule has 0 spiro atoms. The highest BCUT2D eigenvalue weighted by molar-refractivity contribution is 5.85. The number of halogens is 1. The molecule has 1 unspecified atom stereocenters. The minimum Gasteiger partial charge on any atom is -0.349 e. The molecule has 0 fully saturated rings. The van der Waals surface area contributed by atoms with Gasteiger partial charge in [-0.15, -0.1) is 0 Å². The Kier molecular flexibility index (Phi) is 13.5. The quantitative estimate of drug-likeness (QED) is 0.228. The molecule has 5 rings (SSSR count).